The SMILES string of the molecule is CC(C)(C)CC(=O)N1CSCC1C(=O)NCC1CNCC1O. The fourth-order valence-corrected chi connectivity index (χ4v) is 3.92. The van der Waals surface area contributed by atoms with Crippen LogP contribution in [0.5, 0.6) is 0 Å². The van der Waals surface area contributed by atoms with Crippen LogP contribution in [-0.2, 0) is 9.59 Å². The van der Waals surface area contributed by atoms with Crippen LogP contribution in [0, 0.1) is 11.3 Å². The van der Waals surface area contributed by atoms with Crippen LogP contribution < -0.4 is 10.6 Å². The normalized spacial score (nSPS) is 28.9. The maximum atomic E-state index is 12.4. The van der Waals surface area contributed by atoms with E-state index in [4.69, 9.17) is 0 Å². The maximum Gasteiger partial charge on any atom is 0.243 e. The average Bonchev–Trinajstić information content (AvgIpc) is 3.02. The van der Waals surface area contributed by atoms with Crippen LogP contribution >= 0.6 is 11.8 Å². The van der Waals surface area contributed by atoms with Gasteiger partial charge in [0.25, 0.3) is 0 Å². The molecule has 2 fully saturated rings. The van der Waals surface area contributed by atoms with Gasteiger partial charge in [-0.1, -0.05) is 20.8 Å². The minimum atomic E-state index is -0.406. The number of thioether (sulfide) groups is 1. The highest BCUT2D eigenvalue weighted by molar-refractivity contribution is 7.99. The van der Waals surface area contributed by atoms with Crippen molar-refractivity contribution in [3.05, 3.63) is 0 Å². The lowest BCUT2D eigenvalue weighted by Crippen LogP contribution is -2.49. The predicted molar refractivity (Wildman–Crippen MR) is 87.4 cm³/mol. The molecule has 0 aromatic rings. The van der Waals surface area contributed by atoms with E-state index < -0.39 is 6.10 Å². The van der Waals surface area contributed by atoms with E-state index in [0.29, 0.717) is 37.7 Å². The Balaban J connectivity index is 1.86. The van der Waals surface area contributed by atoms with Crippen molar-refractivity contribution in [3.63, 3.8) is 0 Å². The van der Waals surface area contributed by atoms with Crippen molar-refractivity contribution in [1.82, 2.24) is 15.5 Å². The number of nitrogens with zero attached hydrogens (tertiary/aromatic N) is 1. The zero-order valence-electron chi connectivity index (χ0n) is 13.6. The summed E-state index contributed by atoms with van der Waals surface area (Å²) in [5.41, 5.74) is -0.0784. The number of carbonyl (C=O) groups is 2. The largest absolute Gasteiger partial charge is 0.391 e. The van der Waals surface area contributed by atoms with E-state index in [0.717, 1.165) is 0 Å². The number of amides is 2. The summed E-state index contributed by atoms with van der Waals surface area (Å²) in [6.07, 6.45) is 0.0414. The van der Waals surface area contributed by atoms with Gasteiger partial charge in [-0.25, -0.2) is 0 Å². The van der Waals surface area contributed by atoms with Gasteiger partial charge in [0, 0.05) is 37.7 Å². The maximum absolute atomic E-state index is 12.4. The zero-order chi connectivity index (χ0) is 16.3. The highest BCUT2D eigenvalue weighted by atomic mass is 32.2. The zero-order valence-corrected chi connectivity index (χ0v) is 14.4. The molecule has 2 amide bonds. The van der Waals surface area contributed by atoms with Crippen molar-refractivity contribution < 1.29 is 14.7 Å². The molecule has 0 spiro atoms. The van der Waals surface area contributed by atoms with E-state index >= 15 is 0 Å². The summed E-state index contributed by atoms with van der Waals surface area (Å²) in [4.78, 5) is 26.4. The van der Waals surface area contributed by atoms with Crippen LogP contribution in [0.15, 0.2) is 0 Å². The summed E-state index contributed by atoms with van der Waals surface area (Å²) < 4.78 is 0. The molecule has 0 aromatic heterocycles. The molecule has 0 radical (unpaired) electrons. The fraction of sp³-hybridized carbons (Fsp3) is 0.867. The summed E-state index contributed by atoms with van der Waals surface area (Å²) in [6, 6.07) is -0.383. The van der Waals surface area contributed by atoms with Crippen LogP contribution in [0.1, 0.15) is 27.2 Å². The molecule has 0 aliphatic carbocycles. The molecule has 2 heterocycles. The number of hydrogen-bond donors (Lipinski definition) is 3. The van der Waals surface area contributed by atoms with Crippen molar-refractivity contribution in [2.75, 3.05) is 31.3 Å². The molecule has 0 aromatic carbocycles. The highest BCUT2D eigenvalue weighted by Crippen LogP contribution is 2.26. The topological polar surface area (TPSA) is 81.7 Å². The molecule has 0 bridgehead atoms. The Labute approximate surface area is 136 Å². The monoisotopic (exact) mass is 329 g/mol. The van der Waals surface area contributed by atoms with Gasteiger partial charge in [-0.15, -0.1) is 11.8 Å². The van der Waals surface area contributed by atoms with Gasteiger partial charge >= 0.3 is 0 Å². The quantitative estimate of drug-likeness (QED) is 0.677. The lowest BCUT2D eigenvalue weighted by molar-refractivity contribution is -0.139. The molecule has 3 N–H and O–H groups in total. The first kappa shape index (κ1) is 17.6. The third-order valence-corrected chi connectivity index (χ3v) is 5.04. The number of aliphatic hydroxyl groups excluding tert-OH is 1. The number of nitrogens with one attached hydrogen (secondary N) is 2. The van der Waals surface area contributed by atoms with Gasteiger partial charge in [0.05, 0.1) is 12.0 Å². The van der Waals surface area contributed by atoms with Crippen molar-refractivity contribution in [1.29, 1.82) is 0 Å². The van der Waals surface area contributed by atoms with Gasteiger partial charge in [0.1, 0.15) is 6.04 Å². The first-order chi connectivity index (χ1) is 10.3. The van der Waals surface area contributed by atoms with Crippen LogP contribution in [0.25, 0.3) is 0 Å². The number of carbonyl (C=O) groups excluding carboxylic acids is 2. The molecule has 0 saturated carbocycles. The van der Waals surface area contributed by atoms with E-state index in [2.05, 4.69) is 10.6 Å². The summed E-state index contributed by atoms with van der Waals surface area (Å²) >= 11 is 1.61. The second-order valence-electron chi connectivity index (χ2n) is 7.35. The van der Waals surface area contributed by atoms with Gasteiger partial charge in [0.2, 0.25) is 11.8 Å². The van der Waals surface area contributed by atoms with Crippen LogP contribution in [0.3, 0.4) is 0 Å². The highest BCUT2D eigenvalue weighted by Gasteiger charge is 2.36. The van der Waals surface area contributed by atoms with Crippen molar-refractivity contribution in [2.45, 2.75) is 39.3 Å². The van der Waals surface area contributed by atoms with E-state index in [9.17, 15) is 14.7 Å². The Bertz CT molecular complexity index is 425. The summed E-state index contributed by atoms with van der Waals surface area (Å²) in [5, 5.41) is 15.7. The summed E-state index contributed by atoms with van der Waals surface area (Å²) in [5.74, 6) is 1.22. The Hall–Kier alpha value is -0.790. The van der Waals surface area contributed by atoms with E-state index in [1.807, 2.05) is 20.8 Å². The molecular weight excluding hydrogens is 302 g/mol. The van der Waals surface area contributed by atoms with E-state index in [1.165, 1.54) is 0 Å². The molecule has 2 rings (SSSR count). The van der Waals surface area contributed by atoms with Crippen LogP contribution in [0.2, 0.25) is 0 Å². The molecular formula is C15H27N3O3S. The second-order valence-corrected chi connectivity index (χ2v) is 8.35. The minimum absolute atomic E-state index is 0.0419. The lowest BCUT2D eigenvalue weighted by atomic mass is 9.91. The molecule has 7 heteroatoms. The number of hydrogen-bond acceptors (Lipinski definition) is 5. The van der Waals surface area contributed by atoms with Crippen molar-refractivity contribution in [2.24, 2.45) is 11.3 Å². The molecule has 3 unspecified atom stereocenters. The van der Waals surface area contributed by atoms with Crippen LogP contribution in [-0.4, -0.2) is 65.2 Å². The van der Waals surface area contributed by atoms with Crippen molar-refractivity contribution in [3.8, 4) is 0 Å². The molecule has 22 heavy (non-hydrogen) atoms. The lowest BCUT2D eigenvalue weighted by Gasteiger charge is -2.27. The fourth-order valence-electron chi connectivity index (χ4n) is 2.74. The van der Waals surface area contributed by atoms with Gasteiger partial charge in [-0.2, -0.15) is 0 Å². The average molecular weight is 329 g/mol. The second kappa shape index (κ2) is 7.19. The van der Waals surface area contributed by atoms with Gasteiger partial charge in [0.15, 0.2) is 0 Å². The predicted octanol–water partition coefficient (Wildman–Crippen LogP) is 0.0206. The molecule has 6 nitrogen and oxygen atoms in total. The Morgan fingerprint density at radius 3 is 2.68 bits per heavy atom. The van der Waals surface area contributed by atoms with Gasteiger partial charge in [-0.05, 0) is 5.41 Å². The minimum Gasteiger partial charge on any atom is -0.391 e. The van der Waals surface area contributed by atoms with Gasteiger partial charge < -0.3 is 20.6 Å². The third kappa shape index (κ3) is 4.60. The molecule has 2 aliphatic rings. The third-order valence-electron chi connectivity index (χ3n) is 4.03. The first-order valence-electron chi connectivity index (χ1n) is 7.81. The van der Waals surface area contributed by atoms with Crippen molar-refractivity contribution >= 4 is 23.6 Å². The Morgan fingerprint density at radius 2 is 2.09 bits per heavy atom. The van der Waals surface area contributed by atoms with E-state index in [-0.39, 0.29) is 29.2 Å². The standard InChI is InChI=1S/C15H27N3O3S/c1-15(2,3)4-13(20)18-9-22-8-11(18)14(21)17-6-10-5-16-7-12(10)19/h10-12,16,19H,4-9H2,1-3H3,(H,17,21). The van der Waals surface area contributed by atoms with Crippen LogP contribution in [0.4, 0.5) is 0 Å². The summed E-state index contributed by atoms with van der Waals surface area (Å²) in [7, 11) is 0. The smallest absolute Gasteiger partial charge is 0.243 e. The molecule has 126 valence electrons. The Morgan fingerprint density at radius 1 is 1.36 bits per heavy atom. The van der Waals surface area contributed by atoms with Gasteiger partial charge in [-0.3, -0.25) is 9.59 Å². The Kier molecular flexibility index (Phi) is 5.74. The molecule has 2 aliphatic heterocycles. The summed E-state index contributed by atoms with van der Waals surface area (Å²) in [6.45, 7) is 7.83. The number of rotatable bonds is 4. The molecule has 2 saturated heterocycles. The van der Waals surface area contributed by atoms with E-state index in [1.54, 1.807) is 16.7 Å². The molecule has 3 atom stereocenters. The number of aliphatic hydroxyl groups is 1. The first-order valence-corrected chi connectivity index (χ1v) is 8.97. The number of β-amino-alcohol motifs (C(OH)–C–C–N with tert-alkyl or cyclic N) is 1.